The molecule has 0 aliphatic carbocycles. The van der Waals surface area contributed by atoms with Gasteiger partial charge in [0.1, 0.15) is 0 Å². The van der Waals surface area contributed by atoms with Gasteiger partial charge in [-0.05, 0) is 42.9 Å². The van der Waals surface area contributed by atoms with E-state index < -0.39 is 5.37 Å². The number of halogens is 1. The van der Waals surface area contributed by atoms with Gasteiger partial charge in [0.25, 0.3) is 0 Å². The molecule has 1 aliphatic rings. The third-order valence-electron chi connectivity index (χ3n) is 3.37. The van der Waals surface area contributed by atoms with E-state index >= 15 is 0 Å². The summed E-state index contributed by atoms with van der Waals surface area (Å²) in [7, 11) is 3.81. The first-order valence-corrected chi connectivity index (χ1v) is 6.42. The summed E-state index contributed by atoms with van der Waals surface area (Å²) in [6.07, 6.45) is 0. The summed E-state index contributed by atoms with van der Waals surface area (Å²) < 4.78 is 0. The number of likely N-dealkylation sites (N-methyl/N-ethyl adjacent to an activating group) is 1. The van der Waals surface area contributed by atoms with E-state index in [4.69, 9.17) is 11.6 Å². The van der Waals surface area contributed by atoms with E-state index in [1.54, 1.807) is 7.05 Å². The lowest BCUT2D eigenvalue weighted by atomic mass is 10.2. The van der Waals surface area contributed by atoms with Crippen molar-refractivity contribution in [1.29, 1.82) is 0 Å². The Morgan fingerprint density at radius 3 is 2.22 bits per heavy atom. The SMILES string of the molecule is CN1CCN(c2ccc(N(C)C(=O)Cl)cc2)CC1. The summed E-state index contributed by atoms with van der Waals surface area (Å²) in [5.41, 5.74) is 2.01. The van der Waals surface area contributed by atoms with Crippen molar-refractivity contribution in [2.45, 2.75) is 0 Å². The van der Waals surface area contributed by atoms with Crippen LogP contribution in [0.25, 0.3) is 0 Å². The fraction of sp³-hybridized carbons (Fsp3) is 0.462. The van der Waals surface area contributed by atoms with Crippen LogP contribution in [0.3, 0.4) is 0 Å². The number of amides is 1. The maximum Gasteiger partial charge on any atom is 0.320 e. The molecule has 18 heavy (non-hydrogen) atoms. The molecule has 98 valence electrons. The van der Waals surface area contributed by atoms with Crippen LogP contribution in [0.4, 0.5) is 16.2 Å². The van der Waals surface area contributed by atoms with Gasteiger partial charge >= 0.3 is 5.37 Å². The number of rotatable bonds is 2. The van der Waals surface area contributed by atoms with E-state index in [0.29, 0.717) is 0 Å². The standard InChI is InChI=1S/C13H18ClN3O/c1-15-7-9-17(10-8-15)12-5-3-11(4-6-12)16(2)13(14)18/h3-6H,7-10H2,1-2H3. The summed E-state index contributed by atoms with van der Waals surface area (Å²) in [6.45, 7) is 4.25. The second kappa shape index (κ2) is 5.59. The monoisotopic (exact) mass is 267 g/mol. The Labute approximate surface area is 113 Å². The highest BCUT2D eigenvalue weighted by atomic mass is 35.5. The topological polar surface area (TPSA) is 26.8 Å². The largest absolute Gasteiger partial charge is 0.369 e. The number of piperazine rings is 1. The van der Waals surface area contributed by atoms with Gasteiger partial charge in [0.15, 0.2) is 0 Å². The average molecular weight is 268 g/mol. The smallest absolute Gasteiger partial charge is 0.320 e. The highest BCUT2D eigenvalue weighted by Crippen LogP contribution is 2.21. The maximum absolute atomic E-state index is 11.0. The molecule has 1 aromatic rings. The molecule has 0 radical (unpaired) electrons. The van der Waals surface area contributed by atoms with E-state index in [0.717, 1.165) is 31.9 Å². The third kappa shape index (κ3) is 2.94. The molecular weight excluding hydrogens is 250 g/mol. The lowest BCUT2D eigenvalue weighted by molar-refractivity contribution is 0.265. The number of benzene rings is 1. The molecule has 0 unspecified atom stereocenters. The van der Waals surface area contributed by atoms with Crippen molar-refractivity contribution in [1.82, 2.24) is 4.90 Å². The number of carbonyl (C=O) groups excluding carboxylic acids is 1. The van der Waals surface area contributed by atoms with E-state index in [-0.39, 0.29) is 0 Å². The van der Waals surface area contributed by atoms with Gasteiger partial charge < -0.3 is 14.7 Å². The molecule has 2 rings (SSSR count). The van der Waals surface area contributed by atoms with Crippen molar-refractivity contribution in [3.63, 3.8) is 0 Å². The van der Waals surface area contributed by atoms with Gasteiger partial charge in [0.05, 0.1) is 0 Å². The highest BCUT2D eigenvalue weighted by Gasteiger charge is 2.14. The first-order chi connectivity index (χ1) is 8.58. The molecule has 0 bridgehead atoms. The lowest BCUT2D eigenvalue weighted by Gasteiger charge is -2.34. The number of hydrogen-bond donors (Lipinski definition) is 0. The number of hydrogen-bond acceptors (Lipinski definition) is 3. The number of carbonyl (C=O) groups is 1. The van der Waals surface area contributed by atoms with E-state index in [1.165, 1.54) is 10.6 Å². The third-order valence-corrected chi connectivity index (χ3v) is 3.62. The van der Waals surface area contributed by atoms with E-state index in [2.05, 4.69) is 16.8 Å². The van der Waals surface area contributed by atoms with Crippen molar-refractivity contribution in [2.24, 2.45) is 0 Å². The fourth-order valence-corrected chi connectivity index (χ4v) is 2.15. The maximum atomic E-state index is 11.0. The average Bonchev–Trinajstić information content (AvgIpc) is 2.39. The van der Waals surface area contributed by atoms with Gasteiger partial charge in [-0.1, -0.05) is 0 Å². The second-order valence-electron chi connectivity index (χ2n) is 4.62. The lowest BCUT2D eigenvalue weighted by Crippen LogP contribution is -2.44. The van der Waals surface area contributed by atoms with Crippen LogP contribution in [0.1, 0.15) is 0 Å². The molecule has 1 fully saturated rings. The van der Waals surface area contributed by atoms with Crippen LogP contribution in [0.15, 0.2) is 24.3 Å². The molecule has 1 aliphatic heterocycles. The van der Waals surface area contributed by atoms with Crippen LogP contribution in [0.5, 0.6) is 0 Å². The Morgan fingerprint density at radius 2 is 1.72 bits per heavy atom. The molecule has 5 heteroatoms. The Balaban J connectivity index is 2.06. The summed E-state index contributed by atoms with van der Waals surface area (Å²) >= 11 is 5.44. The Bertz CT molecular complexity index is 413. The van der Waals surface area contributed by atoms with Crippen LogP contribution in [0, 0.1) is 0 Å². The molecule has 1 aromatic carbocycles. The van der Waals surface area contributed by atoms with Crippen molar-refractivity contribution < 1.29 is 4.79 Å². The normalized spacial score (nSPS) is 16.7. The van der Waals surface area contributed by atoms with Gasteiger partial charge in [-0.2, -0.15) is 0 Å². The molecule has 0 spiro atoms. The van der Waals surface area contributed by atoms with Crippen LogP contribution >= 0.6 is 11.6 Å². The summed E-state index contributed by atoms with van der Waals surface area (Å²) in [5, 5.41) is -0.470. The molecule has 4 nitrogen and oxygen atoms in total. The zero-order valence-corrected chi connectivity index (χ0v) is 11.5. The molecule has 0 atom stereocenters. The van der Waals surface area contributed by atoms with Gasteiger partial charge in [0, 0.05) is 44.6 Å². The van der Waals surface area contributed by atoms with E-state index in [1.807, 2.05) is 24.3 Å². The predicted octanol–water partition coefficient (Wildman–Crippen LogP) is 2.23. The first kappa shape index (κ1) is 13.2. The Kier molecular flexibility index (Phi) is 4.09. The van der Waals surface area contributed by atoms with Gasteiger partial charge in [-0.3, -0.25) is 4.79 Å². The predicted molar refractivity (Wildman–Crippen MR) is 75.8 cm³/mol. The van der Waals surface area contributed by atoms with Gasteiger partial charge in [-0.25, -0.2) is 0 Å². The molecule has 1 saturated heterocycles. The zero-order chi connectivity index (χ0) is 13.1. The number of anilines is 2. The first-order valence-electron chi connectivity index (χ1n) is 6.04. The Hall–Kier alpha value is -1.26. The highest BCUT2D eigenvalue weighted by molar-refractivity contribution is 6.66. The van der Waals surface area contributed by atoms with Gasteiger partial charge in [0.2, 0.25) is 0 Å². The minimum Gasteiger partial charge on any atom is -0.369 e. The van der Waals surface area contributed by atoms with E-state index in [9.17, 15) is 4.79 Å². The minimum absolute atomic E-state index is 0.470. The Morgan fingerprint density at radius 1 is 1.17 bits per heavy atom. The molecule has 1 heterocycles. The number of nitrogens with zero attached hydrogens (tertiary/aromatic N) is 3. The van der Waals surface area contributed by atoms with Crippen molar-refractivity contribution in [2.75, 3.05) is 50.1 Å². The summed E-state index contributed by atoms with van der Waals surface area (Å²) in [6, 6.07) is 7.93. The van der Waals surface area contributed by atoms with Crippen LogP contribution in [-0.4, -0.2) is 50.5 Å². The van der Waals surface area contributed by atoms with Gasteiger partial charge in [-0.15, -0.1) is 0 Å². The van der Waals surface area contributed by atoms with Crippen LogP contribution < -0.4 is 9.80 Å². The van der Waals surface area contributed by atoms with Crippen molar-refractivity contribution >= 4 is 28.3 Å². The summed E-state index contributed by atoms with van der Waals surface area (Å²) in [4.78, 5) is 17.1. The molecular formula is C13H18ClN3O. The molecule has 0 saturated carbocycles. The fourth-order valence-electron chi connectivity index (χ4n) is 2.05. The van der Waals surface area contributed by atoms with Crippen molar-refractivity contribution in [3.8, 4) is 0 Å². The van der Waals surface area contributed by atoms with Crippen LogP contribution in [0.2, 0.25) is 0 Å². The zero-order valence-electron chi connectivity index (χ0n) is 10.8. The minimum atomic E-state index is -0.470. The molecule has 0 N–H and O–H groups in total. The van der Waals surface area contributed by atoms with Crippen molar-refractivity contribution in [3.05, 3.63) is 24.3 Å². The second-order valence-corrected chi connectivity index (χ2v) is 4.94. The summed E-state index contributed by atoms with van der Waals surface area (Å²) in [5.74, 6) is 0. The molecule has 1 amide bonds. The van der Waals surface area contributed by atoms with Crippen LogP contribution in [-0.2, 0) is 0 Å². The quantitative estimate of drug-likeness (QED) is 0.607. The molecule has 0 aromatic heterocycles.